The normalized spacial score (nSPS) is 24.3. The average Bonchev–Trinajstić information content (AvgIpc) is 3.34. The zero-order chi connectivity index (χ0) is 19.4. The lowest BCUT2D eigenvalue weighted by Gasteiger charge is -2.15. The first kappa shape index (κ1) is 18.3. The van der Waals surface area contributed by atoms with Crippen molar-refractivity contribution in [3.8, 4) is 0 Å². The van der Waals surface area contributed by atoms with Crippen LogP contribution < -0.4 is 0 Å². The number of carbonyl (C=O) groups excluding carboxylic acids is 4. The lowest BCUT2D eigenvalue weighted by Crippen LogP contribution is -2.07. The van der Waals surface area contributed by atoms with Crippen molar-refractivity contribution in [1.29, 1.82) is 0 Å². The van der Waals surface area contributed by atoms with Gasteiger partial charge in [-0.15, -0.1) is 0 Å². The Labute approximate surface area is 177 Å². The topological polar surface area (TPSA) is 68.3 Å². The maximum atomic E-state index is 12.0. The highest BCUT2D eigenvalue weighted by Crippen LogP contribution is 2.56. The van der Waals surface area contributed by atoms with Crippen LogP contribution in [0.2, 0.25) is 0 Å². The van der Waals surface area contributed by atoms with Crippen molar-refractivity contribution in [3.05, 3.63) is 75.7 Å². The summed E-state index contributed by atoms with van der Waals surface area (Å²) in [6.45, 7) is 0. The number of thioether (sulfide) groups is 4. The second-order valence-electron chi connectivity index (χ2n) is 6.31. The molecule has 0 aromatic carbocycles. The Hall–Kier alpha value is -1.74. The Morgan fingerprint density at radius 3 is 1.00 bits per heavy atom. The van der Waals surface area contributed by atoms with Crippen molar-refractivity contribution in [2.75, 3.05) is 0 Å². The van der Waals surface area contributed by atoms with Crippen LogP contribution in [0.15, 0.2) is 75.7 Å². The first-order valence-corrected chi connectivity index (χ1v) is 11.7. The molecule has 0 atom stereocenters. The van der Waals surface area contributed by atoms with Crippen LogP contribution in [0.1, 0.15) is 12.8 Å². The third-order valence-corrected chi connectivity index (χ3v) is 10.0. The Morgan fingerprint density at radius 1 is 0.464 bits per heavy atom. The van der Waals surface area contributed by atoms with Gasteiger partial charge in [0.1, 0.15) is 0 Å². The molecule has 0 bridgehead atoms. The zero-order valence-corrected chi connectivity index (χ0v) is 17.4. The van der Waals surface area contributed by atoms with Crippen LogP contribution >= 0.6 is 47.0 Å². The monoisotopic (exact) mass is 442 g/mol. The predicted octanol–water partition coefficient (Wildman–Crippen LogP) is 4.56. The van der Waals surface area contributed by atoms with Crippen molar-refractivity contribution in [3.63, 3.8) is 0 Å². The van der Waals surface area contributed by atoms with Crippen LogP contribution in [0.5, 0.6) is 0 Å². The number of carbonyl (C=O) groups is 4. The van der Waals surface area contributed by atoms with Crippen LogP contribution in [0.25, 0.3) is 0 Å². The number of ketones is 4. The molecule has 0 amide bonds. The van der Waals surface area contributed by atoms with Gasteiger partial charge in [0.15, 0.2) is 23.1 Å². The van der Waals surface area contributed by atoms with Gasteiger partial charge in [-0.2, -0.15) is 0 Å². The molecule has 0 radical (unpaired) electrons. The lowest BCUT2D eigenvalue weighted by atomic mass is 10.00. The summed E-state index contributed by atoms with van der Waals surface area (Å²) in [6.07, 6.45) is 10.9. The largest absolute Gasteiger partial charge is 0.289 e. The number of rotatable bonds is 0. The SMILES string of the molecule is O=C1C=CC(=O)C2=C1SC(=C1C=CC(=C3SC4=C(S3)C(=O)C=CC4=O)CC1)S2. The van der Waals surface area contributed by atoms with E-state index < -0.39 is 0 Å². The minimum Gasteiger partial charge on any atom is -0.289 e. The molecule has 0 fully saturated rings. The maximum Gasteiger partial charge on any atom is 0.193 e. The van der Waals surface area contributed by atoms with Gasteiger partial charge in [0.2, 0.25) is 0 Å². The second kappa shape index (κ2) is 6.95. The summed E-state index contributed by atoms with van der Waals surface area (Å²) in [7, 11) is 0. The first-order chi connectivity index (χ1) is 13.5. The minimum atomic E-state index is -0.108. The summed E-state index contributed by atoms with van der Waals surface area (Å²) in [4.78, 5) is 50.1. The summed E-state index contributed by atoms with van der Waals surface area (Å²) < 4.78 is 1.96. The molecule has 28 heavy (non-hydrogen) atoms. The fraction of sp³-hybridized carbons (Fsp3) is 0.100. The van der Waals surface area contributed by atoms with Crippen molar-refractivity contribution in [2.45, 2.75) is 12.8 Å². The second-order valence-corrected chi connectivity index (χ2v) is 10.9. The van der Waals surface area contributed by atoms with Crippen molar-refractivity contribution in [1.82, 2.24) is 0 Å². The maximum absolute atomic E-state index is 12.0. The molecule has 0 aromatic rings. The molecule has 8 heteroatoms. The molecule has 138 valence electrons. The van der Waals surface area contributed by atoms with Crippen LogP contribution in [0.4, 0.5) is 0 Å². The third-order valence-electron chi connectivity index (χ3n) is 4.53. The van der Waals surface area contributed by atoms with E-state index in [2.05, 4.69) is 0 Å². The Kier molecular flexibility index (Phi) is 4.54. The van der Waals surface area contributed by atoms with Gasteiger partial charge in [0.25, 0.3) is 0 Å². The van der Waals surface area contributed by atoms with Gasteiger partial charge in [-0.1, -0.05) is 59.2 Å². The summed E-state index contributed by atoms with van der Waals surface area (Å²) >= 11 is 5.52. The fourth-order valence-electron chi connectivity index (χ4n) is 3.09. The molecule has 4 nitrogen and oxygen atoms in total. The Bertz CT molecular complexity index is 973. The highest BCUT2D eigenvalue weighted by atomic mass is 32.2. The standard InChI is InChI=1S/C20H10O4S4/c21-11-5-6-12(22)16-15(11)25-19(26-16)9-1-2-10(4-3-9)20-27-17-13(23)7-8-14(24)18(17)28-20/h1-2,5-8H,3-4H2. The van der Waals surface area contributed by atoms with E-state index in [0.717, 1.165) is 32.5 Å². The van der Waals surface area contributed by atoms with E-state index >= 15 is 0 Å². The molecule has 0 saturated carbocycles. The van der Waals surface area contributed by atoms with Crippen LogP contribution in [0.3, 0.4) is 0 Å². The Balaban J connectivity index is 1.37. The predicted molar refractivity (Wildman–Crippen MR) is 115 cm³/mol. The molecule has 0 unspecified atom stereocenters. The van der Waals surface area contributed by atoms with E-state index in [-0.39, 0.29) is 23.1 Å². The van der Waals surface area contributed by atoms with Crippen molar-refractivity contribution >= 4 is 70.2 Å². The Morgan fingerprint density at radius 2 is 0.750 bits per heavy atom. The fourth-order valence-corrected chi connectivity index (χ4v) is 8.32. The summed E-state index contributed by atoms with van der Waals surface area (Å²) in [5.41, 5.74) is 2.21. The highest BCUT2D eigenvalue weighted by molar-refractivity contribution is 8.30. The lowest BCUT2D eigenvalue weighted by molar-refractivity contribution is -0.114. The van der Waals surface area contributed by atoms with E-state index in [1.54, 1.807) is 0 Å². The van der Waals surface area contributed by atoms with E-state index in [9.17, 15) is 19.2 Å². The van der Waals surface area contributed by atoms with Gasteiger partial charge in [0, 0.05) is 0 Å². The van der Waals surface area contributed by atoms with Gasteiger partial charge < -0.3 is 0 Å². The van der Waals surface area contributed by atoms with Crippen molar-refractivity contribution < 1.29 is 19.2 Å². The highest BCUT2D eigenvalue weighted by Gasteiger charge is 2.34. The van der Waals surface area contributed by atoms with Crippen molar-refractivity contribution in [2.24, 2.45) is 0 Å². The van der Waals surface area contributed by atoms with E-state index in [4.69, 9.17) is 0 Å². The van der Waals surface area contributed by atoms with Gasteiger partial charge >= 0.3 is 0 Å². The smallest absolute Gasteiger partial charge is 0.193 e. The average molecular weight is 443 g/mol. The molecular weight excluding hydrogens is 432 g/mol. The van der Waals surface area contributed by atoms with Gasteiger partial charge in [-0.05, 0) is 48.3 Å². The zero-order valence-electron chi connectivity index (χ0n) is 14.1. The molecule has 5 aliphatic rings. The third kappa shape index (κ3) is 2.99. The summed E-state index contributed by atoms with van der Waals surface area (Å²) in [5.74, 6) is -0.431. The molecule has 3 aliphatic carbocycles. The number of hydrogen-bond donors (Lipinski definition) is 0. The molecule has 0 N–H and O–H groups in total. The number of hydrogen-bond acceptors (Lipinski definition) is 8. The summed E-state index contributed by atoms with van der Waals surface area (Å²) in [6, 6.07) is 0. The minimum absolute atomic E-state index is 0.108. The van der Waals surface area contributed by atoms with E-state index in [0.29, 0.717) is 19.6 Å². The van der Waals surface area contributed by atoms with Gasteiger partial charge in [-0.25, -0.2) is 0 Å². The van der Waals surface area contributed by atoms with Gasteiger partial charge in [0.05, 0.1) is 28.1 Å². The van der Waals surface area contributed by atoms with Crippen LogP contribution in [-0.4, -0.2) is 23.1 Å². The molecule has 0 spiro atoms. The van der Waals surface area contributed by atoms with E-state index in [1.165, 1.54) is 71.4 Å². The van der Waals surface area contributed by atoms with Crippen LogP contribution in [0, 0.1) is 0 Å². The number of allylic oxidation sites excluding steroid dienone is 12. The molecule has 2 aliphatic heterocycles. The van der Waals surface area contributed by atoms with Crippen LogP contribution in [-0.2, 0) is 19.2 Å². The summed E-state index contributed by atoms with van der Waals surface area (Å²) in [5, 5.41) is 0. The quantitative estimate of drug-likeness (QED) is 0.506. The molecular formula is C20H10O4S4. The first-order valence-electron chi connectivity index (χ1n) is 8.39. The molecule has 0 aromatic heterocycles. The van der Waals surface area contributed by atoms with Gasteiger partial charge in [-0.3, -0.25) is 19.2 Å². The molecule has 2 heterocycles. The van der Waals surface area contributed by atoms with E-state index in [1.807, 2.05) is 12.2 Å². The molecule has 5 rings (SSSR count). The molecule has 0 saturated heterocycles.